The zero-order valence-electron chi connectivity index (χ0n) is 7.92. The van der Waals surface area contributed by atoms with E-state index >= 15 is 0 Å². The summed E-state index contributed by atoms with van der Waals surface area (Å²) >= 11 is 8.84. The first-order valence-electron chi connectivity index (χ1n) is 4.19. The molecule has 1 N–H and O–H groups in total. The molecule has 1 atom stereocenters. The normalized spacial score (nSPS) is 11.6. The molecular formula is C10H8BrClN2O. The fourth-order valence-electron chi connectivity index (χ4n) is 0.950. The number of benzene rings is 1. The van der Waals surface area contributed by atoms with Gasteiger partial charge in [-0.3, -0.25) is 4.79 Å². The second-order valence-corrected chi connectivity index (χ2v) is 4.48. The molecule has 1 unspecified atom stereocenters. The third kappa shape index (κ3) is 3.22. The number of alkyl halides is 1. The maximum atomic E-state index is 11.3. The second-order valence-electron chi connectivity index (χ2n) is 2.91. The van der Waals surface area contributed by atoms with E-state index in [0.717, 1.165) is 4.47 Å². The number of hydrogen-bond donors (Lipinski definition) is 1. The van der Waals surface area contributed by atoms with Gasteiger partial charge in [-0.05, 0) is 25.1 Å². The lowest BCUT2D eigenvalue weighted by Crippen LogP contribution is -2.20. The second kappa shape index (κ2) is 5.15. The molecule has 78 valence electrons. The Bertz CT molecular complexity index is 426. The van der Waals surface area contributed by atoms with Crippen LogP contribution >= 0.6 is 27.5 Å². The molecule has 0 heterocycles. The SMILES string of the molecule is CC(Cl)C(=O)Nc1ccc(Br)cc1C#N. The van der Waals surface area contributed by atoms with Crippen molar-refractivity contribution in [2.75, 3.05) is 5.32 Å². The van der Waals surface area contributed by atoms with Gasteiger partial charge < -0.3 is 5.32 Å². The van der Waals surface area contributed by atoms with Crippen LogP contribution in [0.3, 0.4) is 0 Å². The number of carbonyl (C=O) groups is 1. The van der Waals surface area contributed by atoms with E-state index in [2.05, 4.69) is 21.2 Å². The van der Waals surface area contributed by atoms with Gasteiger partial charge in [-0.15, -0.1) is 11.6 Å². The van der Waals surface area contributed by atoms with Gasteiger partial charge in [0.05, 0.1) is 11.3 Å². The molecule has 0 aliphatic heterocycles. The van der Waals surface area contributed by atoms with Crippen molar-refractivity contribution in [2.24, 2.45) is 0 Å². The summed E-state index contributed by atoms with van der Waals surface area (Å²) in [7, 11) is 0. The molecule has 0 spiro atoms. The molecule has 0 fully saturated rings. The van der Waals surface area contributed by atoms with Crippen molar-refractivity contribution >= 4 is 39.1 Å². The third-order valence-corrected chi connectivity index (χ3v) is 2.41. The quantitative estimate of drug-likeness (QED) is 0.850. The van der Waals surface area contributed by atoms with Crippen molar-refractivity contribution in [3.05, 3.63) is 28.2 Å². The Labute approximate surface area is 101 Å². The number of rotatable bonds is 2. The van der Waals surface area contributed by atoms with Crippen LogP contribution in [0.4, 0.5) is 5.69 Å². The lowest BCUT2D eigenvalue weighted by atomic mass is 10.2. The minimum atomic E-state index is -0.625. The molecule has 1 rings (SSSR count). The molecule has 0 radical (unpaired) electrons. The molecule has 0 bridgehead atoms. The predicted octanol–water partition coefficient (Wildman–Crippen LogP) is 2.89. The maximum Gasteiger partial charge on any atom is 0.242 e. The van der Waals surface area contributed by atoms with Gasteiger partial charge in [0.25, 0.3) is 0 Å². The molecular weight excluding hydrogens is 279 g/mol. The number of hydrogen-bond acceptors (Lipinski definition) is 2. The van der Waals surface area contributed by atoms with Crippen LogP contribution in [0.2, 0.25) is 0 Å². The van der Waals surface area contributed by atoms with Crippen molar-refractivity contribution in [2.45, 2.75) is 12.3 Å². The molecule has 0 saturated carbocycles. The molecule has 0 aromatic heterocycles. The number of nitrogens with one attached hydrogen (secondary N) is 1. The van der Waals surface area contributed by atoms with E-state index < -0.39 is 5.38 Å². The van der Waals surface area contributed by atoms with Crippen LogP contribution in [0.5, 0.6) is 0 Å². The monoisotopic (exact) mass is 286 g/mol. The number of anilines is 1. The Hall–Kier alpha value is -1.05. The first-order chi connectivity index (χ1) is 7.04. The van der Waals surface area contributed by atoms with E-state index in [-0.39, 0.29) is 5.91 Å². The average molecular weight is 288 g/mol. The fraction of sp³-hybridized carbons (Fsp3) is 0.200. The molecule has 3 nitrogen and oxygen atoms in total. The van der Waals surface area contributed by atoms with E-state index in [1.165, 1.54) is 0 Å². The largest absolute Gasteiger partial charge is 0.324 e. The summed E-state index contributed by atoms with van der Waals surface area (Å²) < 4.78 is 0.788. The van der Waals surface area contributed by atoms with Gasteiger partial charge in [-0.1, -0.05) is 15.9 Å². The minimum Gasteiger partial charge on any atom is -0.324 e. The van der Waals surface area contributed by atoms with Crippen molar-refractivity contribution in [1.82, 2.24) is 0 Å². The van der Waals surface area contributed by atoms with E-state index in [9.17, 15) is 4.79 Å². The van der Waals surface area contributed by atoms with Crippen LogP contribution in [-0.4, -0.2) is 11.3 Å². The van der Waals surface area contributed by atoms with Gasteiger partial charge in [0.2, 0.25) is 5.91 Å². The zero-order valence-corrected chi connectivity index (χ0v) is 10.3. The Balaban J connectivity index is 2.96. The Morgan fingerprint density at radius 2 is 2.33 bits per heavy atom. The molecule has 0 aliphatic rings. The van der Waals surface area contributed by atoms with Gasteiger partial charge in [-0.25, -0.2) is 0 Å². The first-order valence-corrected chi connectivity index (χ1v) is 5.42. The number of halogens is 2. The summed E-state index contributed by atoms with van der Waals surface area (Å²) in [6.45, 7) is 1.57. The van der Waals surface area contributed by atoms with Crippen LogP contribution in [0.15, 0.2) is 22.7 Å². The van der Waals surface area contributed by atoms with Gasteiger partial charge in [0.1, 0.15) is 11.4 Å². The van der Waals surface area contributed by atoms with Gasteiger partial charge >= 0.3 is 0 Å². The van der Waals surface area contributed by atoms with Crippen LogP contribution < -0.4 is 5.32 Å². The number of nitrogens with zero attached hydrogens (tertiary/aromatic N) is 1. The average Bonchev–Trinajstić information content (AvgIpc) is 2.20. The highest BCUT2D eigenvalue weighted by atomic mass is 79.9. The maximum absolute atomic E-state index is 11.3. The van der Waals surface area contributed by atoms with Crippen molar-refractivity contribution in [3.63, 3.8) is 0 Å². The van der Waals surface area contributed by atoms with E-state index in [1.54, 1.807) is 25.1 Å². The van der Waals surface area contributed by atoms with Crippen LogP contribution in [0, 0.1) is 11.3 Å². The third-order valence-electron chi connectivity index (χ3n) is 1.72. The smallest absolute Gasteiger partial charge is 0.242 e. The summed E-state index contributed by atoms with van der Waals surface area (Å²) in [5.41, 5.74) is 0.869. The Morgan fingerprint density at radius 3 is 2.87 bits per heavy atom. The van der Waals surface area contributed by atoms with Gasteiger partial charge in [0, 0.05) is 4.47 Å². The van der Waals surface area contributed by atoms with Crippen LogP contribution in [0.25, 0.3) is 0 Å². The summed E-state index contributed by atoms with van der Waals surface area (Å²) in [5.74, 6) is -0.324. The molecule has 1 amide bonds. The molecule has 1 aromatic rings. The van der Waals surface area contributed by atoms with Crippen LogP contribution in [0.1, 0.15) is 12.5 Å². The van der Waals surface area contributed by atoms with Crippen molar-refractivity contribution in [1.29, 1.82) is 5.26 Å². The van der Waals surface area contributed by atoms with Crippen molar-refractivity contribution < 1.29 is 4.79 Å². The lowest BCUT2D eigenvalue weighted by Gasteiger charge is -2.08. The molecule has 15 heavy (non-hydrogen) atoms. The number of carbonyl (C=O) groups excluding carboxylic acids is 1. The Kier molecular flexibility index (Phi) is 4.13. The molecule has 0 saturated heterocycles. The zero-order chi connectivity index (χ0) is 11.4. The van der Waals surface area contributed by atoms with Crippen LogP contribution in [-0.2, 0) is 4.79 Å². The standard InChI is InChI=1S/C10H8BrClN2O/c1-6(12)10(15)14-9-3-2-8(11)4-7(9)5-13/h2-4,6H,1H3,(H,14,15). The van der Waals surface area contributed by atoms with Gasteiger partial charge in [0.15, 0.2) is 0 Å². The number of nitriles is 1. The topological polar surface area (TPSA) is 52.9 Å². The minimum absolute atomic E-state index is 0.324. The van der Waals surface area contributed by atoms with Crippen molar-refractivity contribution in [3.8, 4) is 6.07 Å². The molecule has 0 aliphatic carbocycles. The summed E-state index contributed by atoms with van der Waals surface area (Å²) in [5, 5.41) is 10.8. The molecule has 5 heteroatoms. The number of amides is 1. The lowest BCUT2D eigenvalue weighted by molar-refractivity contribution is -0.115. The summed E-state index contributed by atoms with van der Waals surface area (Å²) in [4.78, 5) is 11.3. The highest BCUT2D eigenvalue weighted by molar-refractivity contribution is 9.10. The molecule has 1 aromatic carbocycles. The van der Waals surface area contributed by atoms with E-state index in [4.69, 9.17) is 16.9 Å². The van der Waals surface area contributed by atoms with E-state index in [1.807, 2.05) is 6.07 Å². The highest BCUT2D eigenvalue weighted by Gasteiger charge is 2.11. The fourth-order valence-corrected chi connectivity index (χ4v) is 1.37. The Morgan fingerprint density at radius 1 is 1.67 bits per heavy atom. The first kappa shape index (κ1) is 12.0. The van der Waals surface area contributed by atoms with E-state index in [0.29, 0.717) is 11.3 Å². The summed E-state index contributed by atoms with van der Waals surface area (Å²) in [6.07, 6.45) is 0. The van der Waals surface area contributed by atoms with Gasteiger partial charge in [-0.2, -0.15) is 5.26 Å². The predicted molar refractivity (Wildman–Crippen MR) is 62.8 cm³/mol. The highest BCUT2D eigenvalue weighted by Crippen LogP contribution is 2.20. The summed E-state index contributed by atoms with van der Waals surface area (Å²) in [6, 6.07) is 7.02.